The van der Waals surface area contributed by atoms with Crippen molar-refractivity contribution >= 4 is 61.3 Å². The predicted molar refractivity (Wildman–Crippen MR) is 101 cm³/mol. The highest BCUT2D eigenvalue weighted by Gasteiger charge is 2.24. The summed E-state index contributed by atoms with van der Waals surface area (Å²) < 4.78 is 6.03. The molecule has 1 aliphatic heterocycles. The van der Waals surface area contributed by atoms with Crippen molar-refractivity contribution in [1.82, 2.24) is 5.32 Å². The minimum Gasteiger partial charge on any atom is -0.450 e. The van der Waals surface area contributed by atoms with Gasteiger partial charge in [0.2, 0.25) is 0 Å². The topological polar surface area (TPSA) is 54.6 Å². The van der Waals surface area contributed by atoms with Gasteiger partial charge in [0.05, 0.1) is 10.6 Å². The lowest BCUT2D eigenvalue weighted by Crippen LogP contribution is -2.19. The third-order valence-corrected chi connectivity index (χ3v) is 4.82. The van der Waals surface area contributed by atoms with Gasteiger partial charge in [-0.3, -0.25) is 4.79 Å². The van der Waals surface area contributed by atoms with Gasteiger partial charge in [-0.05, 0) is 62.7 Å². The van der Waals surface area contributed by atoms with Crippen molar-refractivity contribution in [2.24, 2.45) is 4.99 Å². The van der Waals surface area contributed by atoms with Crippen LogP contribution in [0.25, 0.3) is 16.8 Å². The first-order valence-corrected chi connectivity index (χ1v) is 8.82. The van der Waals surface area contributed by atoms with E-state index < -0.39 is 0 Å². The zero-order valence-corrected chi connectivity index (χ0v) is 14.7. The third kappa shape index (κ3) is 3.16. The summed E-state index contributed by atoms with van der Waals surface area (Å²) >= 11 is 4.54. The lowest BCUT2D eigenvalue weighted by Gasteiger charge is -2.00. The normalized spacial score (nSPS) is 17.8. The van der Waals surface area contributed by atoms with Crippen LogP contribution in [0.15, 0.2) is 73.6 Å². The SMILES string of the molecule is O=C1NC(=Nc2ccc3ccccc3c2)SC1=Cc1ccc(Br)o1. The van der Waals surface area contributed by atoms with Crippen molar-refractivity contribution in [3.05, 3.63) is 69.9 Å². The quantitative estimate of drug-likeness (QED) is 0.611. The fraction of sp³-hybridized carbons (Fsp3) is 0. The maximum atomic E-state index is 12.1. The molecular weight excluding hydrogens is 388 g/mol. The summed E-state index contributed by atoms with van der Waals surface area (Å²) in [5, 5.41) is 5.62. The van der Waals surface area contributed by atoms with E-state index in [-0.39, 0.29) is 5.91 Å². The molecular formula is C18H11BrN2O2S. The highest BCUT2D eigenvalue weighted by Crippen LogP contribution is 2.29. The number of carbonyl (C=O) groups is 1. The molecule has 4 nitrogen and oxygen atoms in total. The summed E-state index contributed by atoms with van der Waals surface area (Å²) in [5.41, 5.74) is 0.804. The van der Waals surface area contributed by atoms with Gasteiger partial charge >= 0.3 is 0 Å². The van der Waals surface area contributed by atoms with Crippen LogP contribution in [-0.4, -0.2) is 11.1 Å². The molecule has 3 aromatic rings. The number of hydrogen-bond acceptors (Lipinski definition) is 4. The second-order valence-corrected chi connectivity index (χ2v) is 6.97. The van der Waals surface area contributed by atoms with E-state index in [0.29, 0.717) is 20.5 Å². The summed E-state index contributed by atoms with van der Waals surface area (Å²) in [5.74, 6) is 0.443. The molecule has 1 saturated heterocycles. The van der Waals surface area contributed by atoms with Gasteiger partial charge in [-0.15, -0.1) is 0 Å². The van der Waals surface area contributed by atoms with Crippen LogP contribution >= 0.6 is 27.7 Å². The van der Waals surface area contributed by atoms with Crippen molar-refractivity contribution in [2.45, 2.75) is 0 Å². The van der Waals surface area contributed by atoms with Crippen LogP contribution in [0, 0.1) is 0 Å². The minimum absolute atomic E-state index is 0.174. The van der Waals surface area contributed by atoms with Gasteiger partial charge in [-0.25, -0.2) is 4.99 Å². The van der Waals surface area contributed by atoms with Crippen LogP contribution < -0.4 is 5.32 Å². The van der Waals surface area contributed by atoms with Crippen molar-refractivity contribution in [2.75, 3.05) is 0 Å². The number of benzene rings is 2. The maximum absolute atomic E-state index is 12.1. The summed E-state index contributed by atoms with van der Waals surface area (Å²) in [7, 11) is 0. The van der Waals surface area contributed by atoms with Crippen LogP contribution in [0.5, 0.6) is 0 Å². The van der Waals surface area contributed by atoms with Gasteiger partial charge in [-0.1, -0.05) is 30.3 Å². The molecule has 0 saturated carbocycles. The van der Waals surface area contributed by atoms with Gasteiger partial charge in [0, 0.05) is 6.08 Å². The fourth-order valence-corrected chi connectivity index (χ4v) is 3.52. The Bertz CT molecular complexity index is 1010. The Morgan fingerprint density at radius 2 is 1.92 bits per heavy atom. The smallest absolute Gasteiger partial charge is 0.264 e. The number of amides is 1. The van der Waals surface area contributed by atoms with Gasteiger partial charge in [0.25, 0.3) is 5.91 Å². The van der Waals surface area contributed by atoms with Crippen LogP contribution in [0.3, 0.4) is 0 Å². The standard InChI is InChI=1S/C18H11BrN2O2S/c19-16-8-7-14(23-16)10-15-17(22)21-18(24-15)20-13-6-5-11-3-1-2-4-12(11)9-13/h1-10H,(H,20,21,22). The number of hydrogen-bond donors (Lipinski definition) is 1. The first-order valence-electron chi connectivity index (χ1n) is 7.21. The lowest BCUT2D eigenvalue weighted by atomic mass is 10.1. The number of fused-ring (bicyclic) bond motifs is 1. The molecule has 4 rings (SSSR count). The van der Waals surface area contributed by atoms with E-state index in [1.165, 1.54) is 11.8 Å². The first kappa shape index (κ1) is 15.2. The molecule has 118 valence electrons. The van der Waals surface area contributed by atoms with Crippen molar-refractivity contribution < 1.29 is 9.21 Å². The van der Waals surface area contributed by atoms with E-state index in [0.717, 1.165) is 16.5 Å². The van der Waals surface area contributed by atoms with Crippen LogP contribution in [-0.2, 0) is 4.79 Å². The number of furan rings is 1. The molecule has 1 aromatic heterocycles. The summed E-state index contributed by atoms with van der Waals surface area (Å²) in [6.45, 7) is 0. The summed E-state index contributed by atoms with van der Waals surface area (Å²) in [4.78, 5) is 17.1. The maximum Gasteiger partial charge on any atom is 0.264 e. The molecule has 24 heavy (non-hydrogen) atoms. The summed E-state index contributed by atoms with van der Waals surface area (Å²) in [6, 6.07) is 17.6. The molecule has 2 aromatic carbocycles. The number of rotatable bonds is 2. The van der Waals surface area contributed by atoms with E-state index in [2.05, 4.69) is 32.3 Å². The van der Waals surface area contributed by atoms with Crippen molar-refractivity contribution in [3.8, 4) is 0 Å². The number of thioether (sulfide) groups is 1. The van der Waals surface area contributed by atoms with Crippen LogP contribution in [0.4, 0.5) is 5.69 Å². The monoisotopic (exact) mass is 398 g/mol. The fourth-order valence-electron chi connectivity index (χ4n) is 2.38. The number of amidine groups is 1. The van der Waals surface area contributed by atoms with Crippen molar-refractivity contribution in [1.29, 1.82) is 0 Å². The van der Waals surface area contributed by atoms with Gasteiger partial charge in [0.1, 0.15) is 5.76 Å². The molecule has 1 aliphatic rings. The third-order valence-electron chi connectivity index (χ3n) is 3.48. The van der Waals surface area contributed by atoms with Crippen molar-refractivity contribution in [3.63, 3.8) is 0 Å². The zero-order chi connectivity index (χ0) is 16.5. The molecule has 0 bridgehead atoms. The second-order valence-electron chi connectivity index (χ2n) is 5.16. The Morgan fingerprint density at radius 3 is 2.71 bits per heavy atom. The molecule has 1 amide bonds. The van der Waals surface area contributed by atoms with Gasteiger partial charge < -0.3 is 9.73 Å². The molecule has 0 atom stereocenters. The Kier molecular flexibility index (Phi) is 4.00. The molecule has 1 N–H and O–H groups in total. The summed E-state index contributed by atoms with van der Waals surface area (Å²) in [6.07, 6.45) is 1.70. The van der Waals surface area contributed by atoms with Gasteiger partial charge in [-0.2, -0.15) is 0 Å². The highest BCUT2D eigenvalue weighted by molar-refractivity contribution is 9.10. The minimum atomic E-state index is -0.174. The molecule has 0 spiro atoms. The average Bonchev–Trinajstić information content (AvgIpc) is 3.13. The number of aliphatic imine (C=N–C) groups is 1. The van der Waals surface area contributed by atoms with E-state index in [4.69, 9.17) is 4.42 Å². The van der Waals surface area contributed by atoms with E-state index in [9.17, 15) is 4.79 Å². The lowest BCUT2D eigenvalue weighted by molar-refractivity contribution is -0.115. The second kappa shape index (κ2) is 6.30. The number of halogens is 1. The largest absolute Gasteiger partial charge is 0.450 e. The molecule has 0 radical (unpaired) electrons. The molecule has 1 fully saturated rings. The van der Waals surface area contributed by atoms with E-state index >= 15 is 0 Å². The van der Waals surface area contributed by atoms with E-state index in [1.807, 2.05) is 36.4 Å². The number of carbonyl (C=O) groups excluding carboxylic acids is 1. The number of nitrogens with zero attached hydrogens (tertiary/aromatic N) is 1. The Balaban J connectivity index is 1.61. The Hall–Kier alpha value is -2.31. The average molecular weight is 399 g/mol. The van der Waals surface area contributed by atoms with Gasteiger partial charge in [0.15, 0.2) is 9.84 Å². The zero-order valence-electron chi connectivity index (χ0n) is 12.3. The van der Waals surface area contributed by atoms with E-state index in [1.54, 1.807) is 18.2 Å². The molecule has 2 heterocycles. The highest BCUT2D eigenvalue weighted by atomic mass is 79.9. The van der Waals surface area contributed by atoms with Crippen LogP contribution in [0.1, 0.15) is 5.76 Å². The molecule has 0 aliphatic carbocycles. The van der Waals surface area contributed by atoms with Crippen LogP contribution in [0.2, 0.25) is 0 Å². The predicted octanol–water partition coefficient (Wildman–Crippen LogP) is 5.09. The number of nitrogens with one attached hydrogen (secondary N) is 1. The molecule has 6 heteroatoms. The first-order chi connectivity index (χ1) is 11.7. The molecule has 0 unspecified atom stereocenters. The Labute approximate surface area is 150 Å². The Morgan fingerprint density at radius 1 is 1.08 bits per heavy atom.